The Morgan fingerprint density at radius 1 is 1.26 bits per heavy atom. The summed E-state index contributed by atoms with van der Waals surface area (Å²) >= 11 is 0. The number of benzene rings is 1. The Hall–Kier alpha value is -1.35. The van der Waals surface area contributed by atoms with Crippen LogP contribution in [0.2, 0.25) is 0 Å². The number of nitrogens with zero attached hydrogens (tertiary/aromatic N) is 1. The Bertz CT molecular complexity index is 545. The van der Waals surface area contributed by atoms with Crippen molar-refractivity contribution in [3.63, 3.8) is 0 Å². The lowest BCUT2D eigenvalue weighted by Gasteiger charge is -2.11. The Labute approximate surface area is 115 Å². The molecule has 2 rings (SSSR count). The molecule has 1 aromatic carbocycles. The van der Waals surface area contributed by atoms with Crippen LogP contribution in [0.1, 0.15) is 43.2 Å². The molecule has 0 aliphatic carbocycles. The maximum absolute atomic E-state index is 5.88. The molecule has 3 nitrogen and oxygen atoms in total. The van der Waals surface area contributed by atoms with Crippen LogP contribution in [0.15, 0.2) is 16.5 Å². The summed E-state index contributed by atoms with van der Waals surface area (Å²) in [6.45, 7) is 7.16. The maximum Gasteiger partial charge on any atom is 0.195 e. The molecule has 19 heavy (non-hydrogen) atoms. The van der Waals surface area contributed by atoms with E-state index < -0.39 is 0 Å². The molecule has 0 bridgehead atoms. The first-order chi connectivity index (χ1) is 9.13. The molecular weight excluding hydrogens is 236 g/mol. The van der Waals surface area contributed by atoms with Crippen molar-refractivity contribution in [2.75, 3.05) is 6.54 Å². The molecule has 3 heteroatoms. The van der Waals surface area contributed by atoms with Gasteiger partial charge in [-0.25, -0.2) is 4.98 Å². The van der Waals surface area contributed by atoms with Gasteiger partial charge in [-0.3, -0.25) is 0 Å². The van der Waals surface area contributed by atoms with Gasteiger partial charge in [0.05, 0.1) is 0 Å². The zero-order valence-corrected chi connectivity index (χ0v) is 12.2. The fourth-order valence-electron chi connectivity index (χ4n) is 2.65. The molecule has 104 valence electrons. The number of nitrogens with two attached hydrogens (primary N) is 1. The zero-order valence-electron chi connectivity index (χ0n) is 12.2. The lowest BCUT2D eigenvalue weighted by Crippen LogP contribution is -2.09. The molecule has 0 saturated carbocycles. The van der Waals surface area contributed by atoms with Crippen LogP contribution in [0.3, 0.4) is 0 Å². The van der Waals surface area contributed by atoms with Gasteiger partial charge in [0, 0.05) is 6.42 Å². The van der Waals surface area contributed by atoms with Crippen molar-refractivity contribution < 1.29 is 4.42 Å². The van der Waals surface area contributed by atoms with Crippen molar-refractivity contribution in [2.45, 2.75) is 46.5 Å². The molecule has 1 aromatic heterocycles. The first kappa shape index (κ1) is 14.1. The third-order valence-electron chi connectivity index (χ3n) is 3.78. The summed E-state index contributed by atoms with van der Waals surface area (Å²) in [5.74, 6) is 1.54. The van der Waals surface area contributed by atoms with Gasteiger partial charge in [-0.15, -0.1) is 0 Å². The molecule has 1 heterocycles. The third-order valence-corrected chi connectivity index (χ3v) is 3.78. The van der Waals surface area contributed by atoms with Gasteiger partial charge < -0.3 is 10.2 Å². The van der Waals surface area contributed by atoms with Gasteiger partial charge in [-0.1, -0.05) is 19.4 Å². The first-order valence-electron chi connectivity index (χ1n) is 7.20. The van der Waals surface area contributed by atoms with Crippen LogP contribution < -0.4 is 5.73 Å². The molecule has 1 unspecified atom stereocenters. The van der Waals surface area contributed by atoms with E-state index in [1.807, 2.05) is 0 Å². The fraction of sp³-hybridized carbons (Fsp3) is 0.562. The number of fused-ring (bicyclic) bond motifs is 1. The van der Waals surface area contributed by atoms with Crippen LogP contribution in [0.25, 0.3) is 11.1 Å². The SMILES string of the molecule is CCC(CCN)CCc1nc2cc(C)cc(C)c2o1. The summed E-state index contributed by atoms with van der Waals surface area (Å²) in [5.41, 5.74) is 9.96. The quantitative estimate of drug-likeness (QED) is 0.860. The van der Waals surface area contributed by atoms with E-state index in [0.717, 1.165) is 42.8 Å². The minimum absolute atomic E-state index is 0.683. The topological polar surface area (TPSA) is 52.0 Å². The van der Waals surface area contributed by atoms with Gasteiger partial charge in [-0.05, 0) is 56.3 Å². The summed E-state index contributed by atoms with van der Waals surface area (Å²) < 4.78 is 5.88. The van der Waals surface area contributed by atoms with Crippen LogP contribution in [-0.4, -0.2) is 11.5 Å². The molecule has 2 aromatic rings. The number of rotatable bonds is 6. The predicted molar refractivity (Wildman–Crippen MR) is 79.3 cm³/mol. The minimum Gasteiger partial charge on any atom is -0.440 e. The second-order valence-corrected chi connectivity index (χ2v) is 5.43. The Morgan fingerprint density at radius 2 is 2.05 bits per heavy atom. The fourth-order valence-corrected chi connectivity index (χ4v) is 2.65. The highest BCUT2D eigenvalue weighted by Gasteiger charge is 2.11. The highest BCUT2D eigenvalue weighted by atomic mass is 16.3. The molecule has 0 aliphatic heterocycles. The summed E-state index contributed by atoms with van der Waals surface area (Å²) in [6.07, 6.45) is 4.29. The highest BCUT2D eigenvalue weighted by Crippen LogP contribution is 2.23. The molecule has 2 N–H and O–H groups in total. The van der Waals surface area contributed by atoms with Crippen molar-refractivity contribution in [2.24, 2.45) is 11.7 Å². The molecule has 1 atom stereocenters. The van der Waals surface area contributed by atoms with E-state index in [9.17, 15) is 0 Å². The average molecular weight is 260 g/mol. The zero-order chi connectivity index (χ0) is 13.8. The number of aromatic nitrogens is 1. The van der Waals surface area contributed by atoms with E-state index in [4.69, 9.17) is 10.2 Å². The molecule has 0 aliphatic rings. The third kappa shape index (κ3) is 3.35. The van der Waals surface area contributed by atoms with Crippen molar-refractivity contribution in [1.29, 1.82) is 0 Å². The normalized spacial score (nSPS) is 13.1. The van der Waals surface area contributed by atoms with E-state index in [0.29, 0.717) is 5.92 Å². The summed E-state index contributed by atoms with van der Waals surface area (Å²) in [4.78, 5) is 4.60. The van der Waals surface area contributed by atoms with Gasteiger partial charge in [0.15, 0.2) is 11.5 Å². The molecule has 0 spiro atoms. The molecule has 0 saturated heterocycles. The number of aryl methyl sites for hydroxylation is 3. The lowest BCUT2D eigenvalue weighted by atomic mass is 9.97. The van der Waals surface area contributed by atoms with Gasteiger partial charge in [0.1, 0.15) is 5.52 Å². The molecule has 0 radical (unpaired) electrons. The summed E-state index contributed by atoms with van der Waals surface area (Å²) in [7, 11) is 0. The van der Waals surface area contributed by atoms with Gasteiger partial charge in [0.2, 0.25) is 0 Å². The second kappa shape index (κ2) is 6.20. The summed E-state index contributed by atoms with van der Waals surface area (Å²) in [5, 5.41) is 0. The number of oxazole rings is 1. The largest absolute Gasteiger partial charge is 0.440 e. The van der Waals surface area contributed by atoms with Crippen molar-refractivity contribution >= 4 is 11.1 Å². The van der Waals surface area contributed by atoms with Crippen LogP contribution in [-0.2, 0) is 6.42 Å². The lowest BCUT2D eigenvalue weighted by molar-refractivity contribution is 0.414. The smallest absolute Gasteiger partial charge is 0.195 e. The van der Waals surface area contributed by atoms with E-state index >= 15 is 0 Å². The van der Waals surface area contributed by atoms with E-state index in [1.54, 1.807) is 0 Å². The average Bonchev–Trinajstić information content (AvgIpc) is 2.77. The maximum atomic E-state index is 5.88. The Morgan fingerprint density at radius 3 is 2.74 bits per heavy atom. The number of hydrogen-bond donors (Lipinski definition) is 1. The van der Waals surface area contributed by atoms with Crippen LogP contribution in [0, 0.1) is 19.8 Å². The van der Waals surface area contributed by atoms with Gasteiger partial charge in [-0.2, -0.15) is 0 Å². The van der Waals surface area contributed by atoms with E-state index in [2.05, 4.69) is 37.9 Å². The molecule has 0 fully saturated rings. The van der Waals surface area contributed by atoms with E-state index in [-0.39, 0.29) is 0 Å². The number of hydrogen-bond acceptors (Lipinski definition) is 3. The van der Waals surface area contributed by atoms with Crippen LogP contribution in [0.5, 0.6) is 0 Å². The van der Waals surface area contributed by atoms with E-state index in [1.165, 1.54) is 17.5 Å². The van der Waals surface area contributed by atoms with Crippen molar-refractivity contribution in [3.8, 4) is 0 Å². The van der Waals surface area contributed by atoms with Gasteiger partial charge >= 0.3 is 0 Å². The predicted octanol–water partition coefficient (Wildman–Crippen LogP) is 3.75. The second-order valence-electron chi connectivity index (χ2n) is 5.43. The van der Waals surface area contributed by atoms with Crippen LogP contribution >= 0.6 is 0 Å². The Kier molecular flexibility index (Phi) is 4.59. The van der Waals surface area contributed by atoms with Crippen molar-refractivity contribution in [3.05, 3.63) is 29.2 Å². The van der Waals surface area contributed by atoms with Gasteiger partial charge in [0.25, 0.3) is 0 Å². The Balaban J connectivity index is 2.11. The van der Waals surface area contributed by atoms with Crippen LogP contribution in [0.4, 0.5) is 0 Å². The minimum atomic E-state index is 0.683. The van der Waals surface area contributed by atoms with Crippen molar-refractivity contribution in [1.82, 2.24) is 4.98 Å². The highest BCUT2D eigenvalue weighted by molar-refractivity contribution is 5.77. The molecule has 0 amide bonds. The standard InChI is InChI=1S/C16H24N2O/c1-4-13(7-8-17)5-6-15-18-14-10-11(2)9-12(3)16(14)19-15/h9-10,13H,4-8,17H2,1-3H3. The monoisotopic (exact) mass is 260 g/mol. The summed E-state index contributed by atoms with van der Waals surface area (Å²) in [6, 6.07) is 4.23. The first-order valence-corrected chi connectivity index (χ1v) is 7.20. The molecular formula is C16H24N2O.